The fourth-order valence-electron chi connectivity index (χ4n) is 2.32. The van der Waals surface area contributed by atoms with Gasteiger partial charge in [0.1, 0.15) is 11.0 Å². The van der Waals surface area contributed by atoms with E-state index in [9.17, 15) is 13.2 Å². The maximum atomic E-state index is 12.1. The first-order valence-electron chi connectivity index (χ1n) is 6.44. The van der Waals surface area contributed by atoms with Crippen molar-refractivity contribution in [2.45, 2.75) is 36.7 Å². The lowest BCUT2D eigenvalue weighted by molar-refractivity contribution is 0.0317. The first-order chi connectivity index (χ1) is 9.82. The summed E-state index contributed by atoms with van der Waals surface area (Å²) in [6.07, 6.45) is 3.64. The molecule has 1 aliphatic rings. The number of hydrogen-bond donors (Lipinski definition) is 1. The quantitative estimate of drug-likeness (QED) is 0.811. The zero-order valence-corrected chi connectivity index (χ0v) is 13.9. The molecule has 0 atom stereocenters. The van der Waals surface area contributed by atoms with Crippen molar-refractivity contribution in [1.29, 1.82) is 0 Å². The molecule has 1 fully saturated rings. The van der Waals surface area contributed by atoms with Crippen molar-refractivity contribution in [3.8, 4) is 5.75 Å². The first kappa shape index (κ1) is 16.3. The van der Waals surface area contributed by atoms with Crippen LogP contribution in [-0.2, 0) is 14.8 Å². The number of hydrogen-bond acceptors (Lipinski definition) is 5. The van der Waals surface area contributed by atoms with Crippen LogP contribution >= 0.6 is 15.9 Å². The topological polar surface area (TPSA) is 95.7 Å². The molecule has 6 nitrogen and oxygen atoms in total. The number of primary sulfonamides is 1. The zero-order valence-electron chi connectivity index (χ0n) is 11.5. The van der Waals surface area contributed by atoms with Gasteiger partial charge in [-0.1, -0.05) is 0 Å². The van der Waals surface area contributed by atoms with E-state index in [0.29, 0.717) is 4.47 Å². The lowest BCUT2D eigenvalue weighted by atomic mass is 10.2. The summed E-state index contributed by atoms with van der Waals surface area (Å²) < 4.78 is 33.9. The van der Waals surface area contributed by atoms with E-state index in [4.69, 9.17) is 14.6 Å². The Kier molecular flexibility index (Phi) is 4.90. The van der Waals surface area contributed by atoms with Crippen LogP contribution in [0.2, 0.25) is 0 Å². The molecule has 1 aliphatic carbocycles. The van der Waals surface area contributed by atoms with Crippen molar-refractivity contribution in [3.63, 3.8) is 0 Å². The summed E-state index contributed by atoms with van der Waals surface area (Å²) in [5.41, 5.74) is 0.124. The summed E-state index contributed by atoms with van der Waals surface area (Å²) in [4.78, 5) is 11.9. The van der Waals surface area contributed by atoms with E-state index in [-0.39, 0.29) is 22.3 Å². The number of ether oxygens (including phenoxy) is 2. The van der Waals surface area contributed by atoms with Crippen molar-refractivity contribution in [2.75, 3.05) is 7.11 Å². The average molecular weight is 378 g/mol. The molecule has 1 aromatic carbocycles. The summed E-state index contributed by atoms with van der Waals surface area (Å²) in [6, 6.07) is 2.64. The van der Waals surface area contributed by atoms with Gasteiger partial charge < -0.3 is 9.47 Å². The Bertz CT molecular complexity index is 653. The van der Waals surface area contributed by atoms with Gasteiger partial charge in [-0.3, -0.25) is 0 Å². The van der Waals surface area contributed by atoms with E-state index in [0.717, 1.165) is 25.7 Å². The van der Waals surface area contributed by atoms with Crippen molar-refractivity contribution in [3.05, 3.63) is 22.2 Å². The fourth-order valence-corrected chi connectivity index (χ4v) is 3.82. The van der Waals surface area contributed by atoms with Gasteiger partial charge in [0.2, 0.25) is 10.0 Å². The summed E-state index contributed by atoms with van der Waals surface area (Å²) in [5.74, 6) is -0.495. The second-order valence-electron chi connectivity index (χ2n) is 4.85. The van der Waals surface area contributed by atoms with Gasteiger partial charge in [0.25, 0.3) is 0 Å². The molecule has 0 heterocycles. The third-order valence-corrected chi connectivity index (χ3v) is 4.84. The lowest BCUT2D eigenvalue weighted by Gasteiger charge is -2.14. The molecule has 0 saturated heterocycles. The van der Waals surface area contributed by atoms with Crippen LogP contribution in [0.25, 0.3) is 0 Å². The Morgan fingerprint density at radius 1 is 1.33 bits per heavy atom. The molecule has 2 rings (SSSR count). The third-order valence-electron chi connectivity index (χ3n) is 3.33. The Balaban J connectivity index is 2.36. The highest BCUT2D eigenvalue weighted by atomic mass is 79.9. The predicted octanol–water partition coefficient (Wildman–Crippen LogP) is 2.20. The van der Waals surface area contributed by atoms with Crippen molar-refractivity contribution < 1.29 is 22.7 Å². The number of rotatable bonds is 4. The van der Waals surface area contributed by atoms with Crippen molar-refractivity contribution in [1.82, 2.24) is 0 Å². The highest BCUT2D eigenvalue weighted by molar-refractivity contribution is 9.10. The number of nitrogens with two attached hydrogens (primary N) is 1. The lowest BCUT2D eigenvalue weighted by Crippen LogP contribution is -2.17. The van der Waals surface area contributed by atoms with Crippen LogP contribution in [-0.4, -0.2) is 27.6 Å². The van der Waals surface area contributed by atoms with Gasteiger partial charge in [-0.15, -0.1) is 0 Å². The molecule has 0 spiro atoms. The van der Waals surface area contributed by atoms with Gasteiger partial charge in [0.05, 0.1) is 17.1 Å². The largest absolute Gasteiger partial charge is 0.494 e. The number of halogens is 1. The highest BCUT2D eigenvalue weighted by Gasteiger charge is 2.24. The predicted molar refractivity (Wildman–Crippen MR) is 79.7 cm³/mol. The minimum absolute atomic E-state index is 0.0647. The van der Waals surface area contributed by atoms with Crippen molar-refractivity contribution in [2.24, 2.45) is 5.14 Å². The molecule has 0 aromatic heterocycles. The Morgan fingerprint density at radius 3 is 2.48 bits per heavy atom. The standard InChI is InChI=1S/C13H16BrNO5S/c1-19-12-10(14)6-8(7-11(12)21(15,17)18)13(16)20-9-4-2-3-5-9/h6-7,9H,2-5H2,1H3,(H2,15,17,18). The zero-order chi connectivity index (χ0) is 15.6. The maximum absolute atomic E-state index is 12.1. The molecule has 2 N–H and O–H groups in total. The minimum Gasteiger partial charge on any atom is -0.494 e. The van der Waals surface area contributed by atoms with Gasteiger partial charge in [-0.05, 0) is 53.7 Å². The molecule has 0 bridgehead atoms. The van der Waals surface area contributed by atoms with E-state index in [2.05, 4.69) is 15.9 Å². The number of benzene rings is 1. The van der Waals surface area contributed by atoms with Gasteiger partial charge in [-0.25, -0.2) is 18.4 Å². The molecule has 0 radical (unpaired) electrons. The van der Waals surface area contributed by atoms with Gasteiger partial charge in [0.15, 0.2) is 5.75 Å². The van der Waals surface area contributed by atoms with E-state index >= 15 is 0 Å². The average Bonchev–Trinajstić information content (AvgIpc) is 2.89. The molecule has 1 saturated carbocycles. The smallest absolute Gasteiger partial charge is 0.338 e. The van der Waals surface area contributed by atoms with Crippen LogP contribution in [0.15, 0.2) is 21.5 Å². The second kappa shape index (κ2) is 6.33. The van der Waals surface area contributed by atoms with Gasteiger partial charge in [0, 0.05) is 0 Å². The number of esters is 1. The Morgan fingerprint density at radius 2 is 1.95 bits per heavy atom. The highest BCUT2D eigenvalue weighted by Crippen LogP contribution is 2.33. The van der Waals surface area contributed by atoms with Gasteiger partial charge in [-0.2, -0.15) is 0 Å². The minimum atomic E-state index is -4.01. The Hall–Kier alpha value is -1.12. The third kappa shape index (κ3) is 3.75. The van der Waals surface area contributed by atoms with Crippen LogP contribution in [0.1, 0.15) is 36.0 Å². The number of methoxy groups -OCH3 is 1. The first-order valence-corrected chi connectivity index (χ1v) is 8.78. The van der Waals surface area contributed by atoms with E-state index in [1.54, 1.807) is 0 Å². The molecule has 0 amide bonds. The summed E-state index contributed by atoms with van der Waals surface area (Å²) in [6.45, 7) is 0. The monoisotopic (exact) mass is 377 g/mol. The molecule has 116 valence electrons. The normalized spacial score (nSPS) is 16.0. The van der Waals surface area contributed by atoms with Crippen LogP contribution in [0.4, 0.5) is 0 Å². The molecule has 1 aromatic rings. The maximum Gasteiger partial charge on any atom is 0.338 e. The molecule has 21 heavy (non-hydrogen) atoms. The van der Waals surface area contributed by atoms with E-state index < -0.39 is 16.0 Å². The van der Waals surface area contributed by atoms with E-state index in [1.807, 2.05) is 0 Å². The van der Waals surface area contributed by atoms with Crippen LogP contribution in [0.5, 0.6) is 5.75 Å². The van der Waals surface area contributed by atoms with E-state index in [1.165, 1.54) is 19.2 Å². The molecule has 8 heteroatoms. The summed E-state index contributed by atoms with van der Waals surface area (Å²) >= 11 is 3.18. The molecule has 0 unspecified atom stereocenters. The van der Waals surface area contributed by atoms with Crippen LogP contribution in [0, 0.1) is 0 Å². The summed E-state index contributed by atoms with van der Waals surface area (Å²) in [7, 11) is -2.69. The van der Waals surface area contributed by atoms with Crippen LogP contribution < -0.4 is 9.88 Å². The molecular formula is C13H16BrNO5S. The van der Waals surface area contributed by atoms with Crippen molar-refractivity contribution >= 4 is 31.9 Å². The SMILES string of the molecule is COc1c(Br)cc(C(=O)OC2CCCC2)cc1S(N)(=O)=O. The number of sulfonamides is 1. The second-order valence-corrected chi connectivity index (χ2v) is 7.23. The number of carbonyl (C=O) groups is 1. The Labute approximate surface area is 131 Å². The van der Waals surface area contributed by atoms with Gasteiger partial charge >= 0.3 is 5.97 Å². The molecule has 0 aliphatic heterocycles. The number of carbonyl (C=O) groups excluding carboxylic acids is 1. The fraction of sp³-hybridized carbons (Fsp3) is 0.462. The van der Waals surface area contributed by atoms with Crippen LogP contribution in [0.3, 0.4) is 0 Å². The summed E-state index contributed by atoms with van der Waals surface area (Å²) in [5, 5.41) is 5.15. The molecular weight excluding hydrogens is 362 g/mol.